The molecule has 0 spiro atoms. The molecule has 0 aliphatic rings. The number of aromatic nitrogens is 3. The molecule has 0 atom stereocenters. The first-order valence-corrected chi connectivity index (χ1v) is 10.5. The molecule has 0 saturated carbocycles. The van der Waals surface area contributed by atoms with E-state index in [-0.39, 0.29) is 0 Å². The van der Waals surface area contributed by atoms with Gasteiger partial charge in [-0.2, -0.15) is 5.10 Å². The van der Waals surface area contributed by atoms with Gasteiger partial charge in [0.15, 0.2) is 12.2 Å². The number of hydrogen-bond donors (Lipinski definition) is 1. The number of aromatic amines is 1. The fourth-order valence-electron chi connectivity index (χ4n) is 3.87. The van der Waals surface area contributed by atoms with E-state index in [0.29, 0.717) is 11.8 Å². The van der Waals surface area contributed by atoms with Gasteiger partial charge >= 0.3 is 0 Å². The molecule has 0 fully saturated rings. The van der Waals surface area contributed by atoms with E-state index in [1.54, 1.807) is 12.4 Å². The van der Waals surface area contributed by atoms with Crippen LogP contribution >= 0.6 is 0 Å². The van der Waals surface area contributed by atoms with Crippen LogP contribution in [0.25, 0.3) is 22.6 Å². The lowest BCUT2D eigenvalue weighted by molar-refractivity contribution is 0.571. The van der Waals surface area contributed by atoms with E-state index in [1.807, 2.05) is 6.07 Å². The average molecular weight is 402 g/mol. The monoisotopic (exact) mass is 401 g/mol. The van der Waals surface area contributed by atoms with Gasteiger partial charge < -0.3 is 4.42 Å². The molecule has 0 saturated heterocycles. The highest BCUT2D eigenvalue weighted by atomic mass is 16.3. The highest BCUT2D eigenvalue weighted by Crippen LogP contribution is 2.29. The Hall–Kier alpha value is -3.14. The Morgan fingerprint density at radius 3 is 1.90 bits per heavy atom. The van der Waals surface area contributed by atoms with Gasteiger partial charge in [-0.25, -0.2) is 4.98 Å². The third-order valence-electron chi connectivity index (χ3n) is 5.48. The lowest BCUT2D eigenvalue weighted by Gasteiger charge is -2.12. The van der Waals surface area contributed by atoms with Gasteiger partial charge in [0.05, 0.1) is 11.9 Å². The van der Waals surface area contributed by atoms with Gasteiger partial charge in [-0.1, -0.05) is 64.1 Å². The number of rotatable bonds is 4. The summed E-state index contributed by atoms with van der Waals surface area (Å²) in [6, 6.07) is 14.8. The summed E-state index contributed by atoms with van der Waals surface area (Å²) >= 11 is 0. The van der Waals surface area contributed by atoms with Crippen LogP contribution in [0.4, 0.5) is 0 Å². The standard InChI is InChI=1S/C13H16N2.C13H15NO/c1-9(2)11-5-4-6-12(10(11)3)13-7-8-14-15-13;1-9(2)11-5-4-6-12(10(11)3)13-7-14-8-15-13/h4-9H,1-3H3,(H,14,15);4-9H,1-3H3. The van der Waals surface area contributed by atoms with E-state index >= 15 is 0 Å². The van der Waals surface area contributed by atoms with E-state index in [0.717, 1.165) is 17.0 Å². The number of hydrogen-bond acceptors (Lipinski definition) is 3. The molecule has 4 nitrogen and oxygen atoms in total. The van der Waals surface area contributed by atoms with E-state index < -0.39 is 0 Å². The molecule has 0 bridgehead atoms. The molecule has 156 valence electrons. The van der Waals surface area contributed by atoms with Crippen LogP contribution in [0.15, 0.2) is 65.7 Å². The second-order valence-corrected chi connectivity index (χ2v) is 8.18. The van der Waals surface area contributed by atoms with Crippen molar-refractivity contribution in [2.24, 2.45) is 0 Å². The molecular formula is C26H31N3O. The Balaban J connectivity index is 0.000000171. The fraction of sp³-hybridized carbons (Fsp3) is 0.308. The Labute approximate surface area is 179 Å². The third kappa shape index (κ3) is 4.70. The summed E-state index contributed by atoms with van der Waals surface area (Å²) in [7, 11) is 0. The average Bonchev–Trinajstić information content (AvgIpc) is 3.43. The number of nitrogens with one attached hydrogen (secondary N) is 1. The molecule has 2 aromatic carbocycles. The summed E-state index contributed by atoms with van der Waals surface area (Å²) in [6.07, 6.45) is 5.01. The molecule has 0 unspecified atom stereocenters. The molecular weight excluding hydrogens is 370 g/mol. The van der Waals surface area contributed by atoms with Gasteiger partial charge in [-0.05, 0) is 54.0 Å². The molecule has 0 aliphatic heterocycles. The normalized spacial score (nSPS) is 10.9. The summed E-state index contributed by atoms with van der Waals surface area (Å²) < 4.78 is 5.32. The molecule has 4 aromatic rings. The fourth-order valence-corrected chi connectivity index (χ4v) is 3.87. The molecule has 4 rings (SSSR count). The first-order valence-electron chi connectivity index (χ1n) is 10.5. The second kappa shape index (κ2) is 9.57. The number of benzene rings is 2. The maximum atomic E-state index is 5.32. The van der Waals surface area contributed by atoms with Gasteiger partial charge in [-0.3, -0.25) is 5.10 Å². The van der Waals surface area contributed by atoms with Crippen molar-refractivity contribution in [1.82, 2.24) is 15.2 Å². The van der Waals surface area contributed by atoms with Crippen LogP contribution in [-0.4, -0.2) is 15.2 Å². The summed E-state index contributed by atoms with van der Waals surface area (Å²) in [5.74, 6) is 1.94. The van der Waals surface area contributed by atoms with Crippen LogP contribution in [0.1, 0.15) is 61.8 Å². The van der Waals surface area contributed by atoms with Crippen molar-refractivity contribution < 1.29 is 4.42 Å². The minimum atomic E-state index is 0.535. The zero-order chi connectivity index (χ0) is 21.7. The second-order valence-electron chi connectivity index (χ2n) is 8.18. The Morgan fingerprint density at radius 1 is 0.800 bits per heavy atom. The van der Waals surface area contributed by atoms with Crippen LogP contribution in [-0.2, 0) is 0 Å². The van der Waals surface area contributed by atoms with Gasteiger partial charge in [-0.15, -0.1) is 0 Å². The van der Waals surface area contributed by atoms with E-state index in [4.69, 9.17) is 4.42 Å². The molecule has 2 heterocycles. The van der Waals surface area contributed by atoms with E-state index in [9.17, 15) is 0 Å². The zero-order valence-corrected chi connectivity index (χ0v) is 18.7. The quantitative estimate of drug-likeness (QED) is 0.391. The van der Waals surface area contributed by atoms with Crippen LogP contribution in [0.3, 0.4) is 0 Å². The van der Waals surface area contributed by atoms with Gasteiger partial charge in [0.1, 0.15) is 0 Å². The van der Waals surface area contributed by atoms with E-state index in [2.05, 4.69) is 93.1 Å². The SMILES string of the molecule is Cc1c(-c2ccn[nH]2)cccc1C(C)C.Cc1c(-c2cnco2)cccc1C(C)C. The van der Waals surface area contributed by atoms with Crippen molar-refractivity contribution >= 4 is 0 Å². The van der Waals surface area contributed by atoms with Gasteiger partial charge in [0.2, 0.25) is 0 Å². The largest absolute Gasteiger partial charge is 0.444 e. The molecule has 4 heteroatoms. The van der Waals surface area contributed by atoms with Crippen molar-refractivity contribution in [3.05, 3.63) is 83.5 Å². The van der Waals surface area contributed by atoms with Crippen molar-refractivity contribution in [2.75, 3.05) is 0 Å². The molecule has 1 N–H and O–H groups in total. The van der Waals surface area contributed by atoms with Crippen LogP contribution in [0.5, 0.6) is 0 Å². The van der Waals surface area contributed by atoms with Crippen molar-refractivity contribution in [1.29, 1.82) is 0 Å². The third-order valence-corrected chi connectivity index (χ3v) is 5.48. The summed E-state index contributed by atoms with van der Waals surface area (Å²) in [6.45, 7) is 13.1. The first kappa shape index (κ1) is 21.6. The van der Waals surface area contributed by atoms with Crippen molar-refractivity contribution in [3.63, 3.8) is 0 Å². The maximum Gasteiger partial charge on any atom is 0.181 e. The summed E-state index contributed by atoms with van der Waals surface area (Å²) in [5, 5.41) is 7.00. The maximum absolute atomic E-state index is 5.32. The predicted molar refractivity (Wildman–Crippen MR) is 124 cm³/mol. The lowest BCUT2D eigenvalue weighted by Crippen LogP contribution is -1.94. The molecule has 0 aliphatic carbocycles. The summed E-state index contributed by atoms with van der Waals surface area (Å²) in [4.78, 5) is 3.95. The molecule has 0 amide bonds. The Kier molecular flexibility index (Phi) is 6.88. The lowest BCUT2D eigenvalue weighted by atomic mass is 9.93. The summed E-state index contributed by atoms with van der Waals surface area (Å²) in [5.41, 5.74) is 8.87. The number of oxazole rings is 1. The first-order chi connectivity index (χ1) is 14.4. The van der Waals surface area contributed by atoms with Crippen molar-refractivity contribution in [3.8, 4) is 22.6 Å². The minimum Gasteiger partial charge on any atom is -0.444 e. The highest BCUT2D eigenvalue weighted by Gasteiger charge is 2.11. The van der Waals surface area contributed by atoms with Gasteiger partial charge in [0.25, 0.3) is 0 Å². The van der Waals surface area contributed by atoms with Crippen LogP contribution < -0.4 is 0 Å². The minimum absolute atomic E-state index is 0.535. The van der Waals surface area contributed by atoms with Crippen molar-refractivity contribution in [2.45, 2.75) is 53.4 Å². The Bertz CT molecular complexity index is 974. The smallest absolute Gasteiger partial charge is 0.181 e. The van der Waals surface area contributed by atoms with Gasteiger partial charge in [0, 0.05) is 17.3 Å². The number of H-pyrrole nitrogens is 1. The van der Waals surface area contributed by atoms with Crippen LogP contribution in [0.2, 0.25) is 0 Å². The predicted octanol–water partition coefficient (Wildman–Crippen LogP) is 7.28. The zero-order valence-electron chi connectivity index (χ0n) is 18.7. The molecule has 0 radical (unpaired) electrons. The highest BCUT2D eigenvalue weighted by molar-refractivity contribution is 5.65. The Morgan fingerprint density at radius 2 is 1.40 bits per heavy atom. The molecule has 2 aromatic heterocycles. The number of nitrogens with zero attached hydrogens (tertiary/aromatic N) is 2. The van der Waals surface area contributed by atoms with Crippen LogP contribution in [0, 0.1) is 13.8 Å². The molecule has 30 heavy (non-hydrogen) atoms. The topological polar surface area (TPSA) is 54.7 Å². The van der Waals surface area contributed by atoms with E-state index in [1.165, 1.54) is 34.2 Å².